The van der Waals surface area contributed by atoms with E-state index in [1.54, 1.807) is 0 Å². The highest BCUT2D eigenvalue weighted by molar-refractivity contribution is 7.91. The molecule has 1 aromatic rings. The van der Waals surface area contributed by atoms with Crippen molar-refractivity contribution >= 4 is 32.2 Å². The quantitative estimate of drug-likeness (QED) is 0.830. The van der Waals surface area contributed by atoms with Gasteiger partial charge in [-0.2, -0.15) is 4.37 Å². The van der Waals surface area contributed by atoms with Crippen molar-refractivity contribution in [3.63, 3.8) is 0 Å². The van der Waals surface area contributed by atoms with Crippen LogP contribution < -0.4 is 11.1 Å². The predicted octanol–water partition coefficient (Wildman–Crippen LogP) is 1.98. The number of hydrogen-bond donors (Lipinski definition) is 2. The van der Waals surface area contributed by atoms with E-state index in [2.05, 4.69) is 23.5 Å². The minimum Gasteiger partial charge on any atom is -0.382 e. The number of aromatic nitrogens is 1. The number of nitrogens with one attached hydrogen (secondary N) is 1. The number of nitrogen functional groups attached to an aromatic ring is 1. The lowest BCUT2D eigenvalue weighted by molar-refractivity contribution is 0.519. The van der Waals surface area contributed by atoms with E-state index in [4.69, 9.17) is 5.73 Å². The smallest absolute Gasteiger partial charge is 0.182 e. The molecule has 17 heavy (non-hydrogen) atoms. The Hall–Kier alpha value is -0.820. The average Bonchev–Trinajstić information content (AvgIpc) is 2.61. The molecule has 0 aliphatic rings. The lowest BCUT2D eigenvalue weighted by Gasteiger charge is -2.13. The summed E-state index contributed by atoms with van der Waals surface area (Å²) in [5.74, 6) is 0.621. The lowest BCUT2D eigenvalue weighted by Crippen LogP contribution is -2.13. The van der Waals surface area contributed by atoms with Crippen LogP contribution in [0.4, 0.5) is 10.8 Å². The van der Waals surface area contributed by atoms with Gasteiger partial charge in [-0.3, -0.25) is 0 Å². The Labute approximate surface area is 107 Å². The molecule has 0 saturated carbocycles. The molecule has 0 amide bonds. The van der Waals surface area contributed by atoms with Crippen LogP contribution in [0.15, 0.2) is 4.90 Å². The van der Waals surface area contributed by atoms with Crippen LogP contribution in [-0.4, -0.2) is 25.6 Å². The zero-order valence-electron chi connectivity index (χ0n) is 10.4. The van der Waals surface area contributed by atoms with Crippen molar-refractivity contribution in [2.45, 2.75) is 31.6 Å². The van der Waals surface area contributed by atoms with E-state index in [9.17, 15) is 8.42 Å². The highest BCUT2D eigenvalue weighted by Crippen LogP contribution is 2.31. The molecule has 0 spiro atoms. The van der Waals surface area contributed by atoms with Gasteiger partial charge in [0.05, 0.1) is 0 Å². The third-order valence-electron chi connectivity index (χ3n) is 2.75. The van der Waals surface area contributed by atoms with E-state index in [1.807, 2.05) is 0 Å². The Balaban J connectivity index is 2.86. The van der Waals surface area contributed by atoms with Gasteiger partial charge in [0.1, 0.15) is 9.90 Å². The fourth-order valence-electron chi connectivity index (χ4n) is 1.58. The minimum absolute atomic E-state index is 0.0875. The van der Waals surface area contributed by atoms with Crippen molar-refractivity contribution in [1.29, 1.82) is 0 Å². The Kier molecular flexibility index (Phi) is 4.76. The van der Waals surface area contributed by atoms with Gasteiger partial charge in [-0.25, -0.2) is 8.42 Å². The molecule has 0 bridgehead atoms. The first-order valence-electron chi connectivity index (χ1n) is 5.59. The molecule has 0 radical (unpaired) electrons. The summed E-state index contributed by atoms with van der Waals surface area (Å²) in [7, 11) is -3.32. The summed E-state index contributed by atoms with van der Waals surface area (Å²) in [4.78, 5) is 0.133. The summed E-state index contributed by atoms with van der Waals surface area (Å²) in [6, 6.07) is 0. The first kappa shape index (κ1) is 14.2. The molecule has 1 rings (SSSR count). The van der Waals surface area contributed by atoms with Crippen LogP contribution in [-0.2, 0) is 9.84 Å². The largest absolute Gasteiger partial charge is 0.382 e. The second-order valence-corrected chi connectivity index (χ2v) is 6.79. The fourth-order valence-corrected chi connectivity index (χ4v) is 3.65. The molecule has 98 valence electrons. The predicted molar refractivity (Wildman–Crippen MR) is 72.2 cm³/mol. The van der Waals surface area contributed by atoms with Gasteiger partial charge in [0, 0.05) is 12.8 Å². The molecular weight excluding hydrogens is 258 g/mol. The van der Waals surface area contributed by atoms with Gasteiger partial charge in [0.15, 0.2) is 15.7 Å². The van der Waals surface area contributed by atoms with E-state index in [-0.39, 0.29) is 10.7 Å². The number of sulfone groups is 1. The SMILES string of the molecule is CCC(CC)CNc1snc(N)c1S(C)(=O)=O. The molecule has 0 aliphatic carbocycles. The maximum absolute atomic E-state index is 11.6. The second kappa shape index (κ2) is 5.68. The zero-order chi connectivity index (χ0) is 13.1. The van der Waals surface area contributed by atoms with Crippen molar-refractivity contribution in [3.05, 3.63) is 0 Å². The van der Waals surface area contributed by atoms with Crippen LogP contribution in [0.2, 0.25) is 0 Å². The molecule has 0 unspecified atom stereocenters. The number of anilines is 2. The van der Waals surface area contributed by atoms with Crippen molar-refractivity contribution < 1.29 is 8.42 Å². The Morgan fingerprint density at radius 2 is 2.00 bits per heavy atom. The third-order valence-corrected chi connectivity index (χ3v) is 4.85. The van der Waals surface area contributed by atoms with E-state index in [1.165, 1.54) is 0 Å². The summed E-state index contributed by atoms with van der Waals surface area (Å²) in [6.07, 6.45) is 3.27. The number of rotatable bonds is 6. The average molecular weight is 277 g/mol. The summed E-state index contributed by atoms with van der Waals surface area (Å²) >= 11 is 1.10. The van der Waals surface area contributed by atoms with Crippen molar-refractivity contribution in [2.24, 2.45) is 5.92 Å². The van der Waals surface area contributed by atoms with E-state index < -0.39 is 9.84 Å². The summed E-state index contributed by atoms with van der Waals surface area (Å²) in [6.45, 7) is 4.99. The summed E-state index contributed by atoms with van der Waals surface area (Å²) in [5, 5.41) is 3.69. The molecule has 0 aliphatic heterocycles. The van der Waals surface area contributed by atoms with Gasteiger partial charge in [-0.15, -0.1) is 0 Å². The highest BCUT2D eigenvalue weighted by atomic mass is 32.2. The molecule has 0 fully saturated rings. The van der Waals surface area contributed by atoms with E-state index >= 15 is 0 Å². The van der Waals surface area contributed by atoms with Gasteiger partial charge < -0.3 is 11.1 Å². The van der Waals surface area contributed by atoms with Crippen molar-refractivity contribution in [3.8, 4) is 0 Å². The fraction of sp³-hybridized carbons (Fsp3) is 0.700. The third kappa shape index (κ3) is 3.57. The first-order valence-corrected chi connectivity index (χ1v) is 8.25. The molecule has 1 heterocycles. The van der Waals surface area contributed by atoms with Gasteiger partial charge >= 0.3 is 0 Å². The maximum atomic E-state index is 11.6. The molecule has 3 N–H and O–H groups in total. The topological polar surface area (TPSA) is 85.1 Å². The molecule has 0 atom stereocenters. The molecule has 0 aromatic carbocycles. The Bertz CT molecular complexity index is 464. The van der Waals surface area contributed by atoms with Crippen molar-refractivity contribution in [2.75, 3.05) is 23.9 Å². The minimum atomic E-state index is -3.32. The molecule has 1 aromatic heterocycles. The van der Waals surface area contributed by atoms with E-state index in [0.717, 1.165) is 37.2 Å². The van der Waals surface area contributed by atoms with Gasteiger partial charge in [0.25, 0.3) is 0 Å². The highest BCUT2D eigenvalue weighted by Gasteiger charge is 2.21. The molecule has 7 heteroatoms. The van der Waals surface area contributed by atoms with Crippen LogP contribution in [0, 0.1) is 5.92 Å². The van der Waals surface area contributed by atoms with Crippen LogP contribution in [0.25, 0.3) is 0 Å². The summed E-state index contributed by atoms with van der Waals surface area (Å²) < 4.78 is 27.0. The lowest BCUT2D eigenvalue weighted by atomic mass is 10.0. The first-order chi connectivity index (χ1) is 7.90. The van der Waals surface area contributed by atoms with Crippen LogP contribution in [0.1, 0.15) is 26.7 Å². The van der Waals surface area contributed by atoms with Gasteiger partial charge in [-0.1, -0.05) is 26.7 Å². The zero-order valence-corrected chi connectivity index (χ0v) is 12.0. The Morgan fingerprint density at radius 3 is 2.47 bits per heavy atom. The van der Waals surface area contributed by atoms with Gasteiger partial charge in [-0.05, 0) is 17.5 Å². The summed E-state index contributed by atoms with van der Waals surface area (Å²) in [5.41, 5.74) is 5.58. The number of hydrogen-bond acceptors (Lipinski definition) is 6. The second-order valence-electron chi connectivity index (χ2n) is 4.06. The molecular formula is C10H19N3O2S2. The van der Waals surface area contributed by atoms with Crippen LogP contribution in [0.3, 0.4) is 0 Å². The van der Waals surface area contributed by atoms with E-state index in [0.29, 0.717) is 10.9 Å². The van der Waals surface area contributed by atoms with Crippen LogP contribution in [0.5, 0.6) is 0 Å². The van der Waals surface area contributed by atoms with Gasteiger partial charge in [0.2, 0.25) is 0 Å². The Morgan fingerprint density at radius 1 is 1.41 bits per heavy atom. The van der Waals surface area contributed by atoms with Crippen LogP contribution >= 0.6 is 11.5 Å². The maximum Gasteiger partial charge on any atom is 0.182 e. The number of nitrogens with two attached hydrogens (primary N) is 1. The normalized spacial score (nSPS) is 12.0. The van der Waals surface area contributed by atoms with Crippen molar-refractivity contribution in [1.82, 2.24) is 4.37 Å². The molecule has 0 saturated heterocycles. The monoisotopic (exact) mass is 277 g/mol. The standard InChI is InChI=1S/C10H19N3O2S2/c1-4-7(5-2)6-12-10-8(17(3,14)15)9(11)13-16-10/h7,12H,4-6H2,1-3H3,(H2,11,13). The molecule has 5 nitrogen and oxygen atoms in total. The number of nitrogens with zero attached hydrogens (tertiary/aromatic N) is 1.